The summed E-state index contributed by atoms with van der Waals surface area (Å²) in [6.45, 7) is 11.8. The number of hydrogen-bond donors (Lipinski definition) is 1. The molecule has 2 unspecified atom stereocenters. The highest BCUT2D eigenvalue weighted by atomic mass is 15.2. The molecule has 0 aliphatic heterocycles. The summed E-state index contributed by atoms with van der Waals surface area (Å²) in [5.41, 5.74) is 0.758. The Labute approximate surface area is 120 Å². The van der Waals surface area contributed by atoms with Gasteiger partial charge in [0.15, 0.2) is 0 Å². The molecule has 0 spiro atoms. The van der Waals surface area contributed by atoms with E-state index in [0.717, 1.165) is 12.0 Å². The van der Waals surface area contributed by atoms with Crippen LogP contribution in [-0.2, 0) is 0 Å². The predicted octanol–water partition coefficient (Wildman–Crippen LogP) is 3.67. The van der Waals surface area contributed by atoms with Crippen molar-refractivity contribution in [2.45, 2.75) is 77.8 Å². The van der Waals surface area contributed by atoms with E-state index in [-0.39, 0.29) is 5.54 Å². The SMILES string of the molecule is CC1CCCC(CNC(C)(C)C)(CN(C)C2CC2)C1. The normalized spacial score (nSPS) is 32.8. The van der Waals surface area contributed by atoms with E-state index in [2.05, 4.69) is 45.0 Å². The molecule has 2 rings (SSSR count). The van der Waals surface area contributed by atoms with Gasteiger partial charge in [-0.3, -0.25) is 0 Å². The molecule has 1 N–H and O–H groups in total. The van der Waals surface area contributed by atoms with Gasteiger partial charge in [-0.15, -0.1) is 0 Å². The van der Waals surface area contributed by atoms with Crippen LogP contribution in [0.15, 0.2) is 0 Å². The molecule has 2 aliphatic rings. The Hall–Kier alpha value is -0.0800. The molecule has 2 atom stereocenters. The molecule has 2 heteroatoms. The Morgan fingerprint density at radius 3 is 2.42 bits per heavy atom. The van der Waals surface area contributed by atoms with Crippen LogP contribution in [0.3, 0.4) is 0 Å². The minimum Gasteiger partial charge on any atom is -0.311 e. The van der Waals surface area contributed by atoms with Crippen LogP contribution in [0, 0.1) is 11.3 Å². The molecule has 0 aromatic carbocycles. The third-order valence-corrected chi connectivity index (χ3v) is 4.93. The van der Waals surface area contributed by atoms with Crippen LogP contribution in [0.1, 0.15) is 66.2 Å². The second-order valence-electron chi connectivity index (χ2n) is 8.45. The lowest BCUT2D eigenvalue weighted by atomic mass is 9.69. The van der Waals surface area contributed by atoms with Crippen molar-refractivity contribution < 1.29 is 0 Å². The third kappa shape index (κ3) is 4.75. The molecule has 0 aromatic rings. The maximum absolute atomic E-state index is 3.79. The molecule has 2 fully saturated rings. The molecule has 0 heterocycles. The first-order valence-electron chi connectivity index (χ1n) is 8.25. The van der Waals surface area contributed by atoms with Crippen LogP contribution in [0.4, 0.5) is 0 Å². The van der Waals surface area contributed by atoms with Gasteiger partial charge in [-0.25, -0.2) is 0 Å². The van der Waals surface area contributed by atoms with E-state index in [1.165, 1.54) is 51.6 Å². The lowest BCUT2D eigenvalue weighted by Gasteiger charge is -2.44. The van der Waals surface area contributed by atoms with Crippen molar-refractivity contribution in [1.29, 1.82) is 0 Å². The fourth-order valence-corrected chi connectivity index (χ4v) is 3.76. The maximum Gasteiger partial charge on any atom is 0.00967 e. The summed E-state index contributed by atoms with van der Waals surface area (Å²) >= 11 is 0. The van der Waals surface area contributed by atoms with Gasteiger partial charge in [0, 0.05) is 24.7 Å². The first-order valence-corrected chi connectivity index (χ1v) is 8.25. The molecular formula is C17H34N2. The fraction of sp³-hybridized carbons (Fsp3) is 1.00. The summed E-state index contributed by atoms with van der Waals surface area (Å²) in [7, 11) is 2.34. The van der Waals surface area contributed by atoms with E-state index in [9.17, 15) is 0 Å². The van der Waals surface area contributed by atoms with Crippen LogP contribution in [0.25, 0.3) is 0 Å². The Balaban J connectivity index is 1.98. The minimum atomic E-state index is 0.242. The number of nitrogens with zero attached hydrogens (tertiary/aromatic N) is 1. The average molecular weight is 266 g/mol. The highest BCUT2D eigenvalue weighted by Crippen LogP contribution is 2.41. The van der Waals surface area contributed by atoms with E-state index in [4.69, 9.17) is 0 Å². The summed E-state index contributed by atoms with van der Waals surface area (Å²) in [6.07, 6.45) is 8.53. The smallest absolute Gasteiger partial charge is 0.00967 e. The summed E-state index contributed by atoms with van der Waals surface area (Å²) in [5.74, 6) is 0.906. The van der Waals surface area contributed by atoms with Crippen molar-refractivity contribution in [2.75, 3.05) is 20.1 Å². The molecule has 2 saturated carbocycles. The lowest BCUT2D eigenvalue weighted by molar-refractivity contribution is 0.0817. The molecule has 0 radical (unpaired) electrons. The van der Waals surface area contributed by atoms with Crippen LogP contribution < -0.4 is 5.32 Å². The van der Waals surface area contributed by atoms with E-state index < -0.39 is 0 Å². The largest absolute Gasteiger partial charge is 0.311 e. The summed E-state index contributed by atoms with van der Waals surface area (Å²) in [4.78, 5) is 2.64. The molecule has 19 heavy (non-hydrogen) atoms. The molecule has 112 valence electrons. The number of rotatable bonds is 5. The molecule has 0 amide bonds. The van der Waals surface area contributed by atoms with Crippen molar-refractivity contribution in [3.8, 4) is 0 Å². The molecule has 2 aliphatic carbocycles. The second kappa shape index (κ2) is 5.73. The van der Waals surface area contributed by atoms with Crippen molar-refractivity contribution in [2.24, 2.45) is 11.3 Å². The van der Waals surface area contributed by atoms with Crippen LogP contribution in [-0.4, -0.2) is 36.6 Å². The van der Waals surface area contributed by atoms with Crippen molar-refractivity contribution in [3.63, 3.8) is 0 Å². The fourth-order valence-electron chi connectivity index (χ4n) is 3.76. The maximum atomic E-state index is 3.79. The Morgan fingerprint density at radius 2 is 1.89 bits per heavy atom. The van der Waals surface area contributed by atoms with E-state index in [1.807, 2.05) is 0 Å². The van der Waals surface area contributed by atoms with Gasteiger partial charge in [0.05, 0.1) is 0 Å². The highest BCUT2D eigenvalue weighted by Gasteiger charge is 2.39. The Morgan fingerprint density at radius 1 is 1.21 bits per heavy atom. The van der Waals surface area contributed by atoms with E-state index in [0.29, 0.717) is 5.41 Å². The lowest BCUT2D eigenvalue weighted by Crippen LogP contribution is -2.50. The molecule has 2 nitrogen and oxygen atoms in total. The van der Waals surface area contributed by atoms with Gasteiger partial charge in [-0.1, -0.05) is 19.8 Å². The second-order valence-corrected chi connectivity index (χ2v) is 8.45. The quantitative estimate of drug-likeness (QED) is 0.817. The first kappa shape index (κ1) is 15.3. The van der Waals surface area contributed by atoms with Crippen LogP contribution in [0.2, 0.25) is 0 Å². The van der Waals surface area contributed by atoms with Gasteiger partial charge in [-0.05, 0) is 64.8 Å². The van der Waals surface area contributed by atoms with Crippen LogP contribution >= 0.6 is 0 Å². The standard InChI is InChI=1S/C17H34N2/c1-14-7-6-10-17(11-14,12-18-16(2,3)4)13-19(5)15-8-9-15/h14-15,18H,6-13H2,1-5H3. The molecule has 0 bridgehead atoms. The molecule has 0 saturated heterocycles. The zero-order chi connectivity index (χ0) is 14.1. The Bertz CT molecular complexity index is 290. The summed E-state index contributed by atoms with van der Waals surface area (Å²) in [5, 5.41) is 3.79. The highest BCUT2D eigenvalue weighted by molar-refractivity contribution is 4.94. The third-order valence-electron chi connectivity index (χ3n) is 4.93. The average Bonchev–Trinajstić information content (AvgIpc) is 3.09. The van der Waals surface area contributed by atoms with Gasteiger partial charge in [0.2, 0.25) is 0 Å². The van der Waals surface area contributed by atoms with Crippen molar-refractivity contribution in [1.82, 2.24) is 10.2 Å². The first-order chi connectivity index (χ1) is 8.80. The van der Waals surface area contributed by atoms with Crippen molar-refractivity contribution in [3.05, 3.63) is 0 Å². The van der Waals surface area contributed by atoms with Crippen molar-refractivity contribution >= 4 is 0 Å². The zero-order valence-corrected chi connectivity index (χ0v) is 13.8. The molecular weight excluding hydrogens is 232 g/mol. The molecule has 0 aromatic heterocycles. The number of hydrogen-bond acceptors (Lipinski definition) is 2. The van der Waals surface area contributed by atoms with E-state index >= 15 is 0 Å². The predicted molar refractivity (Wildman–Crippen MR) is 83.5 cm³/mol. The van der Waals surface area contributed by atoms with Gasteiger partial charge < -0.3 is 10.2 Å². The topological polar surface area (TPSA) is 15.3 Å². The monoisotopic (exact) mass is 266 g/mol. The van der Waals surface area contributed by atoms with E-state index in [1.54, 1.807) is 0 Å². The Kier molecular flexibility index (Phi) is 4.62. The van der Waals surface area contributed by atoms with Gasteiger partial charge in [0.25, 0.3) is 0 Å². The van der Waals surface area contributed by atoms with Crippen LogP contribution in [0.5, 0.6) is 0 Å². The zero-order valence-electron chi connectivity index (χ0n) is 13.8. The van der Waals surface area contributed by atoms with Gasteiger partial charge in [-0.2, -0.15) is 0 Å². The van der Waals surface area contributed by atoms with Gasteiger partial charge >= 0.3 is 0 Å². The summed E-state index contributed by atoms with van der Waals surface area (Å²) in [6, 6.07) is 0.892. The minimum absolute atomic E-state index is 0.242. The van der Waals surface area contributed by atoms with Gasteiger partial charge in [0.1, 0.15) is 0 Å². The number of nitrogens with one attached hydrogen (secondary N) is 1. The summed E-state index contributed by atoms with van der Waals surface area (Å²) < 4.78 is 0.